The van der Waals surface area contributed by atoms with Gasteiger partial charge in [0.05, 0.1) is 19.8 Å². The second kappa shape index (κ2) is 12.0. The van der Waals surface area contributed by atoms with Crippen LogP contribution in [0.3, 0.4) is 0 Å². The topological polar surface area (TPSA) is 68.2 Å². The maximum absolute atomic E-state index is 13.4. The molecular weight excluding hydrogens is 462 g/mol. The number of quaternary nitrogens is 1. The summed E-state index contributed by atoms with van der Waals surface area (Å²) in [5.74, 6) is 0. The number of carbonyl (C=O) groups is 2. The molecular formula is C27H34N3O4S+. The Kier molecular flexibility index (Phi) is 9.12. The zero-order chi connectivity index (χ0) is 25.3. The minimum atomic E-state index is -0.574. The fraction of sp³-hybridized carbons (Fsp3) is 0.370. The standard InChI is InChI=1S/C27H34N3O4S/c1-5-29(25(31)33-7-3)30(6-2,26(32)34-8-4)35-24-21-27(19-20-28-24,22-15-11-9-12-16-22)23-17-13-10-14-18-23/h9-18,20-21H,5-8,19H2,1-4H3/q+1. The van der Waals surface area contributed by atoms with Crippen molar-refractivity contribution in [1.29, 1.82) is 0 Å². The summed E-state index contributed by atoms with van der Waals surface area (Å²) in [6, 6.07) is 20.5. The normalized spacial score (nSPS) is 16.1. The molecule has 2 amide bonds. The zero-order valence-electron chi connectivity index (χ0n) is 20.8. The number of benzene rings is 2. The molecule has 7 nitrogen and oxygen atoms in total. The largest absolute Gasteiger partial charge is 0.554 e. The molecule has 0 bridgehead atoms. The molecule has 2 aromatic rings. The van der Waals surface area contributed by atoms with Crippen LogP contribution in [0, 0.1) is 0 Å². The number of rotatable bonds is 8. The van der Waals surface area contributed by atoms with Gasteiger partial charge in [0.1, 0.15) is 6.54 Å². The minimum absolute atomic E-state index is 0.195. The molecule has 0 N–H and O–H groups in total. The molecule has 1 heterocycles. The summed E-state index contributed by atoms with van der Waals surface area (Å²) in [6.45, 7) is 8.09. The number of hydrogen-bond donors (Lipinski definition) is 0. The fourth-order valence-electron chi connectivity index (χ4n) is 4.29. The van der Waals surface area contributed by atoms with E-state index in [1.807, 2.05) is 56.5 Å². The maximum atomic E-state index is 13.4. The lowest BCUT2D eigenvalue weighted by Gasteiger charge is -2.38. The lowest BCUT2D eigenvalue weighted by atomic mass is 9.71. The van der Waals surface area contributed by atoms with E-state index in [0.717, 1.165) is 11.1 Å². The highest BCUT2D eigenvalue weighted by molar-refractivity contribution is 7.98. The van der Waals surface area contributed by atoms with Crippen LogP contribution in [0.5, 0.6) is 0 Å². The lowest BCUT2D eigenvalue weighted by molar-refractivity contribution is -0.835. The van der Waals surface area contributed by atoms with Gasteiger partial charge in [-0.25, -0.2) is 9.79 Å². The Hall–Kier alpha value is -3.10. The number of ether oxygens (including phenoxy) is 2. The predicted molar refractivity (Wildman–Crippen MR) is 140 cm³/mol. The van der Waals surface area contributed by atoms with Crippen molar-refractivity contribution in [3.63, 3.8) is 0 Å². The van der Waals surface area contributed by atoms with Crippen molar-refractivity contribution in [3.8, 4) is 0 Å². The van der Waals surface area contributed by atoms with Crippen LogP contribution in [0.4, 0.5) is 9.59 Å². The number of aliphatic imine (C=N–C) groups is 1. The van der Waals surface area contributed by atoms with Crippen LogP contribution in [0.25, 0.3) is 0 Å². The SMILES string of the molecule is CCOC(=O)N(CC)[N+](CC)(SC1=CC(c2ccccc2)(c2ccccc2)CC=N1)C(=O)OCC. The molecule has 1 aliphatic heterocycles. The number of carbonyl (C=O) groups excluding carboxylic acids is 2. The van der Waals surface area contributed by atoms with Crippen molar-refractivity contribution in [2.45, 2.75) is 39.5 Å². The monoisotopic (exact) mass is 496 g/mol. The van der Waals surface area contributed by atoms with Gasteiger partial charge in [-0.15, -0.1) is 5.01 Å². The van der Waals surface area contributed by atoms with Crippen LogP contribution in [0.2, 0.25) is 0 Å². The molecule has 186 valence electrons. The van der Waals surface area contributed by atoms with Crippen LogP contribution in [0.1, 0.15) is 45.2 Å². The van der Waals surface area contributed by atoms with E-state index < -0.39 is 21.6 Å². The molecule has 1 aliphatic rings. The number of hydrogen-bond acceptors (Lipinski definition) is 6. The van der Waals surface area contributed by atoms with E-state index in [-0.39, 0.29) is 26.3 Å². The van der Waals surface area contributed by atoms with Crippen LogP contribution in [-0.4, -0.2) is 53.7 Å². The Morgan fingerprint density at radius 3 is 2.00 bits per heavy atom. The molecule has 0 aromatic heterocycles. The van der Waals surface area contributed by atoms with E-state index in [1.165, 1.54) is 17.0 Å². The molecule has 0 spiro atoms. The Bertz CT molecular complexity index is 1020. The van der Waals surface area contributed by atoms with Gasteiger partial charge >= 0.3 is 12.2 Å². The summed E-state index contributed by atoms with van der Waals surface area (Å²) in [5.41, 5.74) is 1.78. The summed E-state index contributed by atoms with van der Waals surface area (Å²) in [4.78, 5) is 31.0. The number of nitrogens with zero attached hydrogens (tertiary/aromatic N) is 3. The van der Waals surface area contributed by atoms with Crippen molar-refractivity contribution in [1.82, 2.24) is 5.01 Å². The summed E-state index contributed by atoms with van der Waals surface area (Å²) in [6.07, 6.45) is 3.55. The van der Waals surface area contributed by atoms with Crippen molar-refractivity contribution in [2.24, 2.45) is 4.99 Å². The van der Waals surface area contributed by atoms with Gasteiger partial charge in [0, 0.05) is 18.1 Å². The van der Waals surface area contributed by atoms with Gasteiger partial charge in [0.25, 0.3) is 0 Å². The lowest BCUT2D eigenvalue weighted by Crippen LogP contribution is -2.61. The third-order valence-corrected chi connectivity index (χ3v) is 7.29. The second-order valence-electron chi connectivity index (χ2n) is 7.92. The maximum Gasteiger partial charge on any atom is 0.554 e. The highest BCUT2D eigenvalue weighted by Crippen LogP contribution is 2.44. The first-order chi connectivity index (χ1) is 17.0. The van der Waals surface area contributed by atoms with Crippen LogP contribution in [-0.2, 0) is 14.9 Å². The molecule has 0 aliphatic carbocycles. The first kappa shape index (κ1) is 26.5. The first-order valence-electron chi connectivity index (χ1n) is 12.0. The Morgan fingerprint density at radius 1 is 0.943 bits per heavy atom. The molecule has 0 saturated heterocycles. The quantitative estimate of drug-likeness (QED) is 0.243. The number of allylic oxidation sites excluding steroid dienone is 1. The van der Waals surface area contributed by atoms with E-state index in [1.54, 1.807) is 13.8 Å². The summed E-state index contributed by atoms with van der Waals surface area (Å²) in [7, 11) is 0. The molecule has 0 fully saturated rings. The molecule has 0 radical (unpaired) electrons. The molecule has 1 atom stereocenters. The molecule has 1 unspecified atom stereocenters. The third-order valence-electron chi connectivity index (χ3n) is 5.97. The van der Waals surface area contributed by atoms with Gasteiger partial charge in [-0.2, -0.15) is 4.79 Å². The summed E-state index contributed by atoms with van der Waals surface area (Å²) < 4.78 is 10.3. The summed E-state index contributed by atoms with van der Waals surface area (Å²) >= 11 is 1.19. The third kappa shape index (κ3) is 5.44. The zero-order valence-corrected chi connectivity index (χ0v) is 21.7. The van der Waals surface area contributed by atoms with E-state index in [0.29, 0.717) is 11.4 Å². The van der Waals surface area contributed by atoms with Crippen LogP contribution in [0.15, 0.2) is 76.8 Å². The van der Waals surface area contributed by atoms with Crippen molar-refractivity contribution < 1.29 is 23.1 Å². The molecule has 35 heavy (non-hydrogen) atoms. The van der Waals surface area contributed by atoms with Gasteiger partial charge in [0.2, 0.25) is 0 Å². The molecule has 8 heteroatoms. The highest BCUT2D eigenvalue weighted by atomic mass is 32.2. The second-order valence-corrected chi connectivity index (χ2v) is 9.13. The average Bonchev–Trinajstić information content (AvgIpc) is 2.90. The minimum Gasteiger partial charge on any atom is -0.447 e. The van der Waals surface area contributed by atoms with Gasteiger partial charge in [-0.3, -0.25) is 0 Å². The van der Waals surface area contributed by atoms with Crippen molar-refractivity contribution in [2.75, 3.05) is 26.3 Å². The van der Waals surface area contributed by atoms with Crippen molar-refractivity contribution >= 4 is 30.3 Å². The molecule has 2 aromatic carbocycles. The summed E-state index contributed by atoms with van der Waals surface area (Å²) in [5, 5.41) is 2.02. The van der Waals surface area contributed by atoms with E-state index >= 15 is 0 Å². The van der Waals surface area contributed by atoms with E-state index in [4.69, 9.17) is 9.47 Å². The average molecular weight is 497 g/mol. The Balaban J connectivity index is 2.14. The van der Waals surface area contributed by atoms with Gasteiger partial charge < -0.3 is 9.47 Å². The van der Waals surface area contributed by atoms with Gasteiger partial charge in [-0.1, -0.05) is 64.7 Å². The van der Waals surface area contributed by atoms with Gasteiger partial charge in [0.15, 0.2) is 17.0 Å². The highest BCUT2D eigenvalue weighted by Gasteiger charge is 2.51. The van der Waals surface area contributed by atoms with Crippen LogP contribution < -0.4 is 0 Å². The number of amides is 2. The molecule has 3 rings (SSSR count). The van der Waals surface area contributed by atoms with E-state index in [2.05, 4.69) is 35.3 Å². The van der Waals surface area contributed by atoms with Crippen molar-refractivity contribution in [3.05, 3.63) is 82.9 Å². The first-order valence-corrected chi connectivity index (χ1v) is 12.8. The fourth-order valence-corrected chi connectivity index (χ4v) is 5.51. The van der Waals surface area contributed by atoms with E-state index in [9.17, 15) is 9.59 Å². The van der Waals surface area contributed by atoms with Gasteiger partial charge in [-0.05, 0) is 44.9 Å². The Labute approximate surface area is 212 Å². The Morgan fingerprint density at radius 2 is 1.51 bits per heavy atom. The predicted octanol–water partition coefficient (Wildman–Crippen LogP) is 6.32. The smallest absolute Gasteiger partial charge is 0.447 e. The molecule has 0 saturated carbocycles. The van der Waals surface area contributed by atoms with Crippen LogP contribution >= 0.6 is 11.9 Å².